The summed E-state index contributed by atoms with van der Waals surface area (Å²) in [5.41, 5.74) is 6.55. The highest BCUT2D eigenvalue weighted by Crippen LogP contribution is 2.31. The number of benzene rings is 1. The topological polar surface area (TPSA) is 71.0 Å². The summed E-state index contributed by atoms with van der Waals surface area (Å²) in [6, 6.07) is 14.8. The monoisotopic (exact) mass is 429 g/mol. The molecule has 1 atom stereocenters. The fraction of sp³-hybridized carbons (Fsp3) is 0.385. The normalized spacial score (nSPS) is 15.7. The zero-order valence-corrected chi connectivity index (χ0v) is 19.1. The lowest BCUT2D eigenvalue weighted by Gasteiger charge is -2.24. The molecule has 3 heterocycles. The molecule has 0 unspecified atom stereocenters. The summed E-state index contributed by atoms with van der Waals surface area (Å²) in [6.45, 7) is 7.30. The fourth-order valence-corrected chi connectivity index (χ4v) is 4.28. The third-order valence-electron chi connectivity index (χ3n) is 5.90. The minimum Gasteiger partial charge on any atom is -0.354 e. The van der Waals surface area contributed by atoms with E-state index in [2.05, 4.69) is 58.6 Å². The SMILES string of the molecule is Cc1ccc(Cc2ccc([C@@H]3CCCN3C(=O)CCNc3nc(C)cc(C)n3)nc2)cc1. The van der Waals surface area contributed by atoms with E-state index in [1.54, 1.807) is 0 Å². The Labute approximate surface area is 190 Å². The first kappa shape index (κ1) is 21.9. The predicted octanol–water partition coefficient (Wildman–Crippen LogP) is 4.55. The first-order valence-electron chi connectivity index (χ1n) is 11.3. The Morgan fingerprint density at radius 2 is 1.75 bits per heavy atom. The maximum Gasteiger partial charge on any atom is 0.224 e. The molecule has 2 aromatic heterocycles. The van der Waals surface area contributed by atoms with Crippen LogP contribution in [-0.2, 0) is 11.2 Å². The van der Waals surface area contributed by atoms with Gasteiger partial charge in [-0.2, -0.15) is 0 Å². The number of pyridine rings is 1. The van der Waals surface area contributed by atoms with Crippen molar-refractivity contribution in [2.24, 2.45) is 0 Å². The van der Waals surface area contributed by atoms with Crippen LogP contribution in [0.3, 0.4) is 0 Å². The zero-order valence-electron chi connectivity index (χ0n) is 19.1. The molecule has 1 aliphatic heterocycles. The van der Waals surface area contributed by atoms with Crippen LogP contribution in [0.2, 0.25) is 0 Å². The molecule has 0 saturated carbocycles. The largest absolute Gasteiger partial charge is 0.354 e. The van der Waals surface area contributed by atoms with Gasteiger partial charge in [-0.25, -0.2) is 9.97 Å². The van der Waals surface area contributed by atoms with Crippen LogP contribution < -0.4 is 5.32 Å². The van der Waals surface area contributed by atoms with E-state index in [1.165, 1.54) is 16.7 Å². The van der Waals surface area contributed by atoms with Gasteiger partial charge in [0.25, 0.3) is 0 Å². The van der Waals surface area contributed by atoms with E-state index < -0.39 is 0 Å². The number of aromatic nitrogens is 3. The number of aryl methyl sites for hydroxylation is 3. The fourth-order valence-electron chi connectivity index (χ4n) is 4.28. The highest BCUT2D eigenvalue weighted by molar-refractivity contribution is 5.77. The molecular weight excluding hydrogens is 398 g/mol. The van der Waals surface area contributed by atoms with E-state index in [9.17, 15) is 4.79 Å². The lowest BCUT2D eigenvalue weighted by Crippen LogP contribution is -2.32. The summed E-state index contributed by atoms with van der Waals surface area (Å²) in [6.07, 6.45) is 5.21. The van der Waals surface area contributed by atoms with Gasteiger partial charge >= 0.3 is 0 Å². The summed E-state index contributed by atoms with van der Waals surface area (Å²) in [5.74, 6) is 0.731. The van der Waals surface area contributed by atoms with Crippen molar-refractivity contribution in [3.8, 4) is 0 Å². The van der Waals surface area contributed by atoms with Crippen molar-refractivity contribution in [1.29, 1.82) is 0 Å². The number of carbonyl (C=O) groups is 1. The molecule has 1 amide bonds. The number of anilines is 1. The molecule has 4 rings (SSSR count). The van der Waals surface area contributed by atoms with Crippen molar-refractivity contribution in [2.75, 3.05) is 18.4 Å². The molecule has 32 heavy (non-hydrogen) atoms. The van der Waals surface area contributed by atoms with Gasteiger partial charge in [0.1, 0.15) is 0 Å². The molecule has 0 aliphatic carbocycles. The lowest BCUT2D eigenvalue weighted by molar-refractivity contribution is -0.131. The van der Waals surface area contributed by atoms with Crippen LogP contribution in [-0.4, -0.2) is 38.8 Å². The molecular formula is C26H31N5O. The summed E-state index contributed by atoms with van der Waals surface area (Å²) < 4.78 is 0. The number of likely N-dealkylation sites (tertiary alicyclic amines) is 1. The Morgan fingerprint density at radius 1 is 1.03 bits per heavy atom. The molecule has 6 heteroatoms. The minimum absolute atomic E-state index is 0.0633. The Morgan fingerprint density at radius 3 is 2.44 bits per heavy atom. The standard InChI is InChI=1S/C26H31N5O/c1-18-6-8-21(9-7-18)16-22-10-11-23(28-17-22)24-5-4-14-31(24)25(32)12-13-27-26-29-19(2)15-20(3)30-26/h6-11,15,17,24H,4-5,12-14,16H2,1-3H3,(H,27,29,30)/t24-/m0/s1. The molecule has 0 bridgehead atoms. The third kappa shape index (κ3) is 5.49. The molecule has 6 nitrogen and oxygen atoms in total. The number of amides is 1. The quantitative estimate of drug-likeness (QED) is 0.596. The molecule has 0 spiro atoms. The maximum absolute atomic E-state index is 12.9. The highest BCUT2D eigenvalue weighted by atomic mass is 16.2. The average Bonchev–Trinajstić information content (AvgIpc) is 3.25. The minimum atomic E-state index is 0.0633. The van der Waals surface area contributed by atoms with Gasteiger partial charge in [-0.15, -0.1) is 0 Å². The van der Waals surface area contributed by atoms with Crippen molar-refractivity contribution in [3.05, 3.63) is 82.4 Å². The van der Waals surface area contributed by atoms with Gasteiger partial charge in [0.15, 0.2) is 0 Å². The second-order valence-electron chi connectivity index (χ2n) is 8.65. The van der Waals surface area contributed by atoms with Crippen molar-refractivity contribution < 1.29 is 4.79 Å². The van der Waals surface area contributed by atoms with E-state index in [1.807, 2.05) is 31.0 Å². The molecule has 1 saturated heterocycles. The Balaban J connectivity index is 1.34. The number of hydrogen-bond acceptors (Lipinski definition) is 5. The van der Waals surface area contributed by atoms with Crippen LogP contribution in [0.1, 0.15) is 59.1 Å². The lowest BCUT2D eigenvalue weighted by atomic mass is 10.0. The number of hydrogen-bond donors (Lipinski definition) is 1. The molecule has 1 aliphatic rings. The van der Waals surface area contributed by atoms with E-state index in [4.69, 9.17) is 4.98 Å². The highest BCUT2D eigenvalue weighted by Gasteiger charge is 2.30. The van der Waals surface area contributed by atoms with Gasteiger partial charge in [0, 0.05) is 37.1 Å². The second kappa shape index (κ2) is 9.90. The maximum atomic E-state index is 12.9. The van der Waals surface area contributed by atoms with E-state index in [0.717, 1.165) is 42.9 Å². The number of carbonyl (C=O) groups excluding carboxylic acids is 1. The van der Waals surface area contributed by atoms with E-state index in [0.29, 0.717) is 18.9 Å². The third-order valence-corrected chi connectivity index (χ3v) is 5.90. The summed E-state index contributed by atoms with van der Waals surface area (Å²) in [7, 11) is 0. The summed E-state index contributed by atoms with van der Waals surface area (Å²) in [5, 5.41) is 3.18. The van der Waals surface area contributed by atoms with Crippen molar-refractivity contribution in [1.82, 2.24) is 19.9 Å². The summed E-state index contributed by atoms with van der Waals surface area (Å²) >= 11 is 0. The van der Waals surface area contributed by atoms with Crippen LogP contribution in [0.4, 0.5) is 5.95 Å². The van der Waals surface area contributed by atoms with Gasteiger partial charge < -0.3 is 10.2 Å². The van der Waals surface area contributed by atoms with E-state index >= 15 is 0 Å². The van der Waals surface area contributed by atoms with Crippen molar-refractivity contribution in [3.63, 3.8) is 0 Å². The molecule has 0 radical (unpaired) electrons. The number of nitrogens with one attached hydrogen (secondary N) is 1. The van der Waals surface area contributed by atoms with Gasteiger partial charge in [0.05, 0.1) is 11.7 Å². The van der Waals surface area contributed by atoms with Gasteiger partial charge in [-0.05, 0) is 63.3 Å². The smallest absolute Gasteiger partial charge is 0.224 e. The Kier molecular flexibility index (Phi) is 6.78. The summed E-state index contributed by atoms with van der Waals surface area (Å²) in [4.78, 5) is 28.4. The van der Waals surface area contributed by atoms with Crippen molar-refractivity contribution in [2.45, 2.75) is 52.5 Å². The van der Waals surface area contributed by atoms with Crippen molar-refractivity contribution >= 4 is 11.9 Å². The van der Waals surface area contributed by atoms with Crippen LogP contribution in [0.15, 0.2) is 48.7 Å². The molecule has 1 N–H and O–H groups in total. The molecule has 1 fully saturated rings. The average molecular weight is 430 g/mol. The molecule has 3 aromatic rings. The number of nitrogens with zero attached hydrogens (tertiary/aromatic N) is 4. The van der Waals surface area contributed by atoms with E-state index in [-0.39, 0.29) is 11.9 Å². The predicted molar refractivity (Wildman–Crippen MR) is 127 cm³/mol. The van der Waals surface area contributed by atoms with Gasteiger partial charge in [-0.3, -0.25) is 9.78 Å². The first-order valence-corrected chi connectivity index (χ1v) is 11.3. The van der Waals surface area contributed by atoms with Gasteiger partial charge in [0.2, 0.25) is 11.9 Å². The number of rotatable bonds is 7. The zero-order chi connectivity index (χ0) is 22.5. The van der Waals surface area contributed by atoms with Crippen LogP contribution in [0.5, 0.6) is 0 Å². The molecule has 1 aromatic carbocycles. The second-order valence-corrected chi connectivity index (χ2v) is 8.65. The molecule has 166 valence electrons. The Bertz CT molecular complexity index is 1040. The Hall–Kier alpha value is -3.28. The first-order chi connectivity index (χ1) is 15.5. The van der Waals surface area contributed by atoms with Gasteiger partial charge in [-0.1, -0.05) is 35.9 Å². The van der Waals surface area contributed by atoms with Crippen LogP contribution >= 0.6 is 0 Å². The van der Waals surface area contributed by atoms with Crippen LogP contribution in [0, 0.1) is 20.8 Å². The van der Waals surface area contributed by atoms with Crippen LogP contribution in [0.25, 0.3) is 0 Å².